The van der Waals surface area contributed by atoms with Crippen LogP contribution in [0.1, 0.15) is 83.1 Å². The number of unbranched alkanes of at least 4 members (excludes halogenated alkanes) is 10. The second kappa shape index (κ2) is 14.0. The van der Waals surface area contributed by atoms with Crippen molar-refractivity contribution in [2.45, 2.75) is 88.9 Å². The van der Waals surface area contributed by atoms with E-state index >= 15 is 0 Å². The number of aryl methyl sites for hydroxylation is 1. The summed E-state index contributed by atoms with van der Waals surface area (Å²) in [5.41, 5.74) is 0.790. The molecule has 0 heterocycles. The van der Waals surface area contributed by atoms with Crippen molar-refractivity contribution in [1.29, 1.82) is 0 Å². The monoisotopic (exact) mass is 378 g/mol. The Labute approximate surface area is 175 Å². The first-order chi connectivity index (χ1) is 11.4. The van der Waals surface area contributed by atoms with Crippen molar-refractivity contribution in [3.8, 4) is 5.75 Å². The second-order valence-corrected chi connectivity index (χ2v) is 7.93. The maximum absolute atomic E-state index is 11.4. The molecule has 0 radical (unpaired) electrons. The minimum Gasteiger partial charge on any atom is -0.872 e. The molecule has 0 spiro atoms. The molecule has 0 saturated heterocycles. The zero-order chi connectivity index (χ0) is 17.8. The van der Waals surface area contributed by atoms with Crippen molar-refractivity contribution in [2.75, 3.05) is 0 Å². The van der Waals surface area contributed by atoms with Gasteiger partial charge in [0.15, 0.2) is 0 Å². The molecule has 138 valence electrons. The van der Waals surface area contributed by atoms with Crippen LogP contribution in [0, 0.1) is 0 Å². The van der Waals surface area contributed by atoms with E-state index in [9.17, 15) is 13.5 Å². The van der Waals surface area contributed by atoms with Crippen LogP contribution in [0.3, 0.4) is 0 Å². The third-order valence-corrected chi connectivity index (χ3v) is 5.23. The van der Waals surface area contributed by atoms with Gasteiger partial charge < -0.3 is 5.11 Å². The molecule has 4 nitrogen and oxygen atoms in total. The Morgan fingerprint density at radius 1 is 0.880 bits per heavy atom. The second-order valence-electron chi connectivity index (χ2n) is 6.54. The molecule has 0 aliphatic rings. The molecular weight excluding hydrogens is 347 g/mol. The van der Waals surface area contributed by atoms with E-state index in [1.807, 2.05) is 0 Å². The first-order valence-electron chi connectivity index (χ1n) is 9.22. The van der Waals surface area contributed by atoms with Crippen LogP contribution in [0.15, 0.2) is 23.1 Å². The smallest absolute Gasteiger partial charge is 0.872 e. The molecular formula is C19H31NaO4S. The molecule has 1 aromatic rings. The van der Waals surface area contributed by atoms with Gasteiger partial charge in [0, 0.05) is 0 Å². The fourth-order valence-electron chi connectivity index (χ4n) is 2.90. The van der Waals surface area contributed by atoms with Crippen LogP contribution in [-0.2, 0) is 16.5 Å². The zero-order valence-electron chi connectivity index (χ0n) is 15.8. The van der Waals surface area contributed by atoms with Crippen molar-refractivity contribution in [2.24, 2.45) is 0 Å². The van der Waals surface area contributed by atoms with Gasteiger partial charge in [0.2, 0.25) is 0 Å². The van der Waals surface area contributed by atoms with Crippen molar-refractivity contribution in [3.63, 3.8) is 0 Å². The van der Waals surface area contributed by atoms with Gasteiger partial charge in [-0.2, -0.15) is 8.42 Å². The van der Waals surface area contributed by atoms with Crippen LogP contribution in [0.25, 0.3) is 0 Å². The average molecular weight is 379 g/mol. The van der Waals surface area contributed by atoms with Gasteiger partial charge in [-0.15, -0.1) is 0 Å². The molecule has 0 unspecified atom stereocenters. The fourth-order valence-corrected chi connectivity index (χ4v) is 3.53. The molecule has 0 aromatic heterocycles. The summed E-state index contributed by atoms with van der Waals surface area (Å²) >= 11 is 0. The Bertz CT molecular complexity index is 573. The van der Waals surface area contributed by atoms with Gasteiger partial charge in [0.1, 0.15) is 0 Å². The molecule has 0 fully saturated rings. The van der Waals surface area contributed by atoms with E-state index in [0.29, 0.717) is 0 Å². The molecule has 0 bridgehead atoms. The molecule has 1 N–H and O–H groups in total. The Morgan fingerprint density at radius 2 is 1.36 bits per heavy atom. The normalized spacial score (nSPS) is 11.3. The first-order valence-corrected chi connectivity index (χ1v) is 10.7. The SMILES string of the molecule is CCCCCCCCCCCCCc1ccc([O-])c(S(=O)(=O)O)c1.[Na+]. The Morgan fingerprint density at radius 3 is 1.84 bits per heavy atom. The van der Waals surface area contributed by atoms with Crippen LogP contribution < -0.4 is 34.7 Å². The van der Waals surface area contributed by atoms with Crippen LogP contribution >= 0.6 is 0 Å². The van der Waals surface area contributed by atoms with Gasteiger partial charge in [0.05, 0.1) is 4.90 Å². The molecule has 1 rings (SSSR count). The predicted molar refractivity (Wildman–Crippen MR) is 95.9 cm³/mol. The zero-order valence-corrected chi connectivity index (χ0v) is 18.6. The molecule has 0 aliphatic heterocycles. The average Bonchev–Trinajstić information content (AvgIpc) is 2.53. The topological polar surface area (TPSA) is 77.4 Å². The predicted octanol–water partition coefficient (Wildman–Crippen LogP) is 1.86. The summed E-state index contributed by atoms with van der Waals surface area (Å²) < 4.78 is 31.3. The van der Waals surface area contributed by atoms with Crippen LogP contribution in [0.5, 0.6) is 5.75 Å². The summed E-state index contributed by atoms with van der Waals surface area (Å²) in [4.78, 5) is -0.511. The van der Waals surface area contributed by atoms with Crippen molar-refractivity contribution in [3.05, 3.63) is 23.8 Å². The van der Waals surface area contributed by atoms with Gasteiger partial charge in [-0.05, 0) is 24.5 Å². The van der Waals surface area contributed by atoms with E-state index < -0.39 is 20.8 Å². The maximum Gasteiger partial charge on any atom is 1.00 e. The third-order valence-electron chi connectivity index (χ3n) is 4.36. The van der Waals surface area contributed by atoms with Crippen molar-refractivity contribution >= 4 is 10.1 Å². The Kier molecular flexibility index (Phi) is 14.0. The quantitative estimate of drug-likeness (QED) is 0.323. The van der Waals surface area contributed by atoms with E-state index in [-0.39, 0.29) is 29.6 Å². The number of hydrogen-bond acceptors (Lipinski definition) is 3. The molecule has 25 heavy (non-hydrogen) atoms. The van der Waals surface area contributed by atoms with E-state index in [0.717, 1.165) is 24.8 Å². The van der Waals surface area contributed by atoms with Gasteiger partial charge >= 0.3 is 29.6 Å². The number of rotatable bonds is 13. The summed E-state index contributed by atoms with van der Waals surface area (Å²) in [5.74, 6) is -0.653. The molecule has 6 heteroatoms. The minimum absolute atomic E-state index is 0. The summed E-state index contributed by atoms with van der Waals surface area (Å²) in [6.45, 7) is 2.23. The summed E-state index contributed by atoms with van der Waals surface area (Å²) in [7, 11) is -4.42. The summed E-state index contributed by atoms with van der Waals surface area (Å²) in [6, 6.07) is 4.16. The molecule has 0 aliphatic carbocycles. The summed E-state index contributed by atoms with van der Waals surface area (Å²) in [6.07, 6.45) is 14.6. The van der Waals surface area contributed by atoms with E-state index in [1.54, 1.807) is 6.07 Å². The van der Waals surface area contributed by atoms with E-state index in [2.05, 4.69) is 6.92 Å². The molecule has 0 saturated carbocycles. The standard InChI is InChI=1S/C19H32O4S.Na/c1-2-3-4-5-6-7-8-9-10-11-12-13-17-14-15-18(20)19(16-17)24(21,22)23;/h14-16,20H,2-13H2,1H3,(H,21,22,23);/q;+1/p-1. The third kappa shape index (κ3) is 11.3. The first kappa shape index (κ1) is 24.9. The Balaban J connectivity index is 0.00000576. The molecule has 1 aromatic carbocycles. The summed E-state index contributed by atoms with van der Waals surface area (Å²) in [5, 5.41) is 11.4. The van der Waals surface area contributed by atoms with E-state index in [4.69, 9.17) is 4.55 Å². The van der Waals surface area contributed by atoms with E-state index in [1.165, 1.54) is 69.9 Å². The van der Waals surface area contributed by atoms with Crippen LogP contribution in [-0.4, -0.2) is 13.0 Å². The molecule has 0 amide bonds. The van der Waals surface area contributed by atoms with Gasteiger partial charge in [-0.3, -0.25) is 4.55 Å². The maximum atomic E-state index is 11.4. The van der Waals surface area contributed by atoms with Crippen LogP contribution in [0.2, 0.25) is 0 Å². The molecule has 0 atom stereocenters. The number of hydrogen-bond donors (Lipinski definition) is 1. The van der Waals surface area contributed by atoms with Crippen LogP contribution in [0.4, 0.5) is 0 Å². The minimum atomic E-state index is -4.42. The van der Waals surface area contributed by atoms with Crippen molar-refractivity contribution in [1.82, 2.24) is 0 Å². The van der Waals surface area contributed by atoms with Gasteiger partial charge in [-0.25, -0.2) is 0 Å². The number of benzene rings is 1. The van der Waals surface area contributed by atoms with Gasteiger partial charge in [0.25, 0.3) is 10.1 Å². The Hall–Kier alpha value is -0.0700. The van der Waals surface area contributed by atoms with Crippen molar-refractivity contribution < 1.29 is 47.6 Å². The largest absolute Gasteiger partial charge is 1.00 e. The fraction of sp³-hybridized carbons (Fsp3) is 0.684. The van der Waals surface area contributed by atoms with Gasteiger partial charge in [-0.1, -0.05) is 89.0 Å².